The lowest BCUT2D eigenvalue weighted by Gasteiger charge is -2.15. The van der Waals surface area contributed by atoms with Crippen LogP contribution in [-0.2, 0) is 29.1 Å². The summed E-state index contributed by atoms with van der Waals surface area (Å²) in [5, 5.41) is 18.2. The molecule has 1 aromatic carbocycles. The molecule has 2 heterocycles. The molecule has 0 saturated heterocycles. The first-order valence-corrected chi connectivity index (χ1v) is 11.3. The topological polar surface area (TPSA) is 103 Å². The highest BCUT2D eigenvalue weighted by Crippen LogP contribution is 2.42. The summed E-state index contributed by atoms with van der Waals surface area (Å²) in [6, 6.07) is 0. The third-order valence-corrected chi connectivity index (χ3v) is 6.13. The molecule has 8 heteroatoms. The van der Waals surface area contributed by atoms with Crippen molar-refractivity contribution in [1.29, 1.82) is 0 Å². The molecule has 0 atom stereocenters. The highest BCUT2D eigenvalue weighted by Gasteiger charge is 2.31. The van der Waals surface area contributed by atoms with Crippen molar-refractivity contribution in [2.45, 2.75) is 73.5 Å². The number of aryl methyl sites for hydroxylation is 2. The molecule has 0 saturated carbocycles. The molecule has 2 N–H and O–H groups in total. The maximum absolute atomic E-state index is 12.5. The summed E-state index contributed by atoms with van der Waals surface area (Å²) in [5.74, 6) is -0.116. The minimum atomic E-state index is -0.514. The highest BCUT2D eigenvalue weighted by molar-refractivity contribution is 5.98. The summed E-state index contributed by atoms with van der Waals surface area (Å²) in [6.07, 6.45) is 4.21. The fourth-order valence-electron chi connectivity index (χ4n) is 4.23. The minimum Gasteiger partial charge on any atom is -0.507 e. The lowest BCUT2D eigenvalue weighted by atomic mass is 9.94. The summed E-state index contributed by atoms with van der Waals surface area (Å²) in [7, 11) is 1.54. The van der Waals surface area contributed by atoms with E-state index in [0.29, 0.717) is 36.1 Å². The van der Waals surface area contributed by atoms with E-state index < -0.39 is 5.97 Å². The van der Waals surface area contributed by atoms with Crippen molar-refractivity contribution in [2.24, 2.45) is 0 Å². The number of methoxy groups -OCH3 is 1. The van der Waals surface area contributed by atoms with Crippen molar-refractivity contribution in [3.05, 3.63) is 45.3 Å². The van der Waals surface area contributed by atoms with E-state index in [1.807, 2.05) is 38.5 Å². The fraction of sp³-hybridized carbons (Fsp3) is 0.480. The maximum atomic E-state index is 12.5. The quantitative estimate of drug-likeness (QED) is 0.426. The summed E-state index contributed by atoms with van der Waals surface area (Å²) in [4.78, 5) is 24.6. The molecular formula is C25H33N3O5. The van der Waals surface area contributed by atoms with Crippen LogP contribution in [0.15, 0.2) is 11.6 Å². The Balaban J connectivity index is 1.67. The van der Waals surface area contributed by atoms with E-state index in [-0.39, 0.29) is 23.8 Å². The molecule has 0 unspecified atom stereocenters. The van der Waals surface area contributed by atoms with Crippen molar-refractivity contribution in [3.63, 3.8) is 0 Å². The predicted molar refractivity (Wildman–Crippen MR) is 126 cm³/mol. The van der Waals surface area contributed by atoms with E-state index >= 15 is 0 Å². The van der Waals surface area contributed by atoms with Gasteiger partial charge in [0.25, 0.3) is 0 Å². The number of hydrogen-bond donors (Lipinski definition) is 2. The van der Waals surface area contributed by atoms with Crippen LogP contribution in [0.25, 0.3) is 0 Å². The number of aromatic hydroxyl groups is 1. The summed E-state index contributed by atoms with van der Waals surface area (Å²) >= 11 is 0. The normalized spacial score (nSPS) is 13.2. The van der Waals surface area contributed by atoms with Crippen LogP contribution in [0, 0.1) is 20.8 Å². The summed E-state index contributed by atoms with van der Waals surface area (Å²) in [6.45, 7) is 10.7. The van der Waals surface area contributed by atoms with Gasteiger partial charge in [0, 0.05) is 24.1 Å². The first kappa shape index (κ1) is 24.4. The van der Waals surface area contributed by atoms with Crippen LogP contribution in [0.5, 0.6) is 11.5 Å². The zero-order valence-electron chi connectivity index (χ0n) is 20.3. The second kappa shape index (κ2) is 10.1. The molecule has 2 aromatic rings. The molecule has 1 aliphatic rings. The van der Waals surface area contributed by atoms with Crippen LogP contribution in [0.4, 0.5) is 5.69 Å². The number of nitrogens with zero attached hydrogens (tertiary/aromatic N) is 2. The molecule has 0 fully saturated rings. The van der Waals surface area contributed by atoms with Crippen molar-refractivity contribution in [2.75, 3.05) is 12.4 Å². The van der Waals surface area contributed by atoms with Gasteiger partial charge in [-0.05, 0) is 52.5 Å². The lowest BCUT2D eigenvalue weighted by Crippen LogP contribution is -2.13. The number of anilines is 1. The SMILES string of the molecule is CCCn1nc(C)c(NC(=O)CC/C(C)=C/Cc2c(O)c3c(c(C)c2OC)COC3=O)c1C. The number of hydrogen-bond acceptors (Lipinski definition) is 6. The fourth-order valence-corrected chi connectivity index (χ4v) is 4.23. The molecule has 0 radical (unpaired) electrons. The molecular weight excluding hydrogens is 422 g/mol. The van der Waals surface area contributed by atoms with Crippen molar-refractivity contribution < 1.29 is 24.2 Å². The molecule has 1 aliphatic heterocycles. The van der Waals surface area contributed by atoms with Gasteiger partial charge in [0.15, 0.2) is 0 Å². The molecule has 8 nitrogen and oxygen atoms in total. The number of nitrogens with one attached hydrogen (secondary N) is 1. The second-order valence-corrected chi connectivity index (χ2v) is 8.49. The standard InChI is InChI=1S/C25H33N3O5/c1-7-12-28-17(5)22(16(4)27-28)26-20(29)11-9-14(2)8-10-18-23(30)21-19(13-33-25(21)31)15(3)24(18)32-6/h8,30H,7,9-13H2,1-6H3,(H,26,29)/b14-8+. The lowest BCUT2D eigenvalue weighted by molar-refractivity contribution is -0.116. The Morgan fingerprint density at radius 1 is 1.30 bits per heavy atom. The number of ether oxygens (including phenoxy) is 2. The average Bonchev–Trinajstić information content (AvgIpc) is 3.29. The summed E-state index contributed by atoms with van der Waals surface area (Å²) < 4.78 is 12.5. The Kier molecular flexibility index (Phi) is 7.46. The van der Waals surface area contributed by atoms with Crippen LogP contribution in [0.1, 0.15) is 71.5 Å². The van der Waals surface area contributed by atoms with E-state index in [9.17, 15) is 14.7 Å². The Morgan fingerprint density at radius 2 is 2.03 bits per heavy atom. The molecule has 0 spiro atoms. The first-order valence-electron chi connectivity index (χ1n) is 11.3. The number of amides is 1. The van der Waals surface area contributed by atoms with Crippen LogP contribution >= 0.6 is 0 Å². The summed E-state index contributed by atoms with van der Waals surface area (Å²) in [5.41, 5.74) is 5.80. The number of esters is 1. The molecule has 33 heavy (non-hydrogen) atoms. The largest absolute Gasteiger partial charge is 0.507 e. The number of carbonyl (C=O) groups excluding carboxylic acids is 2. The van der Waals surface area contributed by atoms with Crippen LogP contribution < -0.4 is 10.1 Å². The monoisotopic (exact) mass is 455 g/mol. The number of aromatic nitrogens is 2. The Bertz CT molecular complexity index is 1110. The van der Waals surface area contributed by atoms with Gasteiger partial charge in [-0.3, -0.25) is 9.48 Å². The van der Waals surface area contributed by atoms with Crippen molar-refractivity contribution in [1.82, 2.24) is 9.78 Å². The van der Waals surface area contributed by atoms with Crippen molar-refractivity contribution >= 4 is 17.6 Å². The van der Waals surface area contributed by atoms with Crippen LogP contribution in [0.2, 0.25) is 0 Å². The van der Waals surface area contributed by atoms with Gasteiger partial charge in [0.1, 0.15) is 23.7 Å². The van der Waals surface area contributed by atoms with E-state index in [4.69, 9.17) is 9.47 Å². The van der Waals surface area contributed by atoms with E-state index in [1.54, 1.807) is 7.11 Å². The van der Waals surface area contributed by atoms with Crippen LogP contribution in [0.3, 0.4) is 0 Å². The molecule has 178 valence electrons. The van der Waals surface area contributed by atoms with Crippen molar-refractivity contribution in [3.8, 4) is 11.5 Å². The number of benzene rings is 1. The molecule has 0 bridgehead atoms. The van der Waals surface area contributed by atoms with E-state index in [2.05, 4.69) is 17.3 Å². The Hall–Kier alpha value is -3.29. The number of fused-ring (bicyclic) bond motifs is 1. The Morgan fingerprint density at radius 3 is 2.70 bits per heavy atom. The number of cyclic esters (lactones) is 1. The molecule has 1 aromatic heterocycles. The third kappa shape index (κ3) is 4.89. The van der Waals surface area contributed by atoms with Gasteiger partial charge in [-0.1, -0.05) is 18.6 Å². The van der Waals surface area contributed by atoms with Gasteiger partial charge >= 0.3 is 5.97 Å². The smallest absolute Gasteiger partial charge is 0.342 e. The molecule has 0 aliphatic carbocycles. The Labute approximate surface area is 194 Å². The average molecular weight is 456 g/mol. The maximum Gasteiger partial charge on any atom is 0.342 e. The van der Waals surface area contributed by atoms with E-state index in [1.165, 1.54) is 0 Å². The second-order valence-electron chi connectivity index (χ2n) is 8.49. The van der Waals surface area contributed by atoms with Gasteiger partial charge < -0.3 is 19.9 Å². The third-order valence-electron chi connectivity index (χ3n) is 6.13. The number of rotatable bonds is 9. The van der Waals surface area contributed by atoms with Gasteiger partial charge in [0.05, 0.1) is 24.2 Å². The molecule has 3 rings (SSSR count). The highest BCUT2D eigenvalue weighted by atomic mass is 16.5. The zero-order valence-corrected chi connectivity index (χ0v) is 20.3. The van der Waals surface area contributed by atoms with Gasteiger partial charge in [-0.15, -0.1) is 0 Å². The minimum absolute atomic E-state index is 0.0680. The van der Waals surface area contributed by atoms with Gasteiger partial charge in [-0.25, -0.2) is 4.79 Å². The predicted octanol–water partition coefficient (Wildman–Crippen LogP) is 4.51. The zero-order chi connectivity index (χ0) is 24.3. The number of phenols is 1. The first-order chi connectivity index (χ1) is 15.7. The van der Waals surface area contributed by atoms with Crippen LogP contribution in [-0.4, -0.2) is 33.9 Å². The number of phenolic OH excluding ortho intramolecular Hbond substituents is 1. The number of carbonyl (C=O) groups is 2. The van der Waals surface area contributed by atoms with Gasteiger partial charge in [0.2, 0.25) is 5.91 Å². The van der Waals surface area contributed by atoms with E-state index in [0.717, 1.165) is 41.2 Å². The molecule has 1 amide bonds. The van der Waals surface area contributed by atoms with Gasteiger partial charge in [-0.2, -0.15) is 5.10 Å². The number of allylic oxidation sites excluding steroid dienone is 2.